The van der Waals surface area contributed by atoms with Crippen molar-refractivity contribution in [3.63, 3.8) is 0 Å². The average Bonchev–Trinajstić information content (AvgIpc) is 2.50. The van der Waals surface area contributed by atoms with E-state index in [9.17, 15) is 13.2 Å². The van der Waals surface area contributed by atoms with Crippen LogP contribution in [-0.4, -0.2) is 36.3 Å². The molecule has 0 N–H and O–H groups in total. The second-order valence-electron chi connectivity index (χ2n) is 3.14. The lowest BCUT2D eigenvalue weighted by Gasteiger charge is -1.99. The summed E-state index contributed by atoms with van der Waals surface area (Å²) in [5.74, 6) is 0.154. The van der Waals surface area contributed by atoms with Crippen molar-refractivity contribution in [2.24, 2.45) is 0 Å². The zero-order chi connectivity index (χ0) is 10.6. The predicted octanol–water partition coefficient (Wildman–Crippen LogP) is 0.130. The van der Waals surface area contributed by atoms with E-state index in [1.165, 1.54) is 12.6 Å². The van der Waals surface area contributed by atoms with Crippen molar-refractivity contribution in [1.29, 1.82) is 0 Å². The van der Waals surface area contributed by atoms with Gasteiger partial charge in [-0.2, -0.15) is 0 Å². The largest absolute Gasteiger partial charge is 0.337 e. The number of nitrogens with zero attached hydrogens (tertiary/aromatic N) is 2. The van der Waals surface area contributed by atoms with Crippen LogP contribution in [0.5, 0.6) is 0 Å². The Labute approximate surface area is 82.7 Å². The lowest BCUT2D eigenvalue weighted by Crippen LogP contribution is -2.06. The van der Waals surface area contributed by atoms with Crippen LogP contribution >= 0.6 is 0 Å². The molecule has 0 bridgehead atoms. The van der Waals surface area contributed by atoms with E-state index in [0.717, 1.165) is 0 Å². The van der Waals surface area contributed by atoms with E-state index in [1.807, 2.05) is 0 Å². The fraction of sp³-hybridized carbons (Fsp3) is 0.500. The van der Waals surface area contributed by atoms with Crippen molar-refractivity contribution >= 4 is 16.1 Å². The molecule has 1 aromatic rings. The molecule has 0 aromatic carbocycles. The molecule has 78 valence electrons. The molecule has 0 saturated carbocycles. The summed E-state index contributed by atoms with van der Waals surface area (Å²) in [7, 11) is -2.90. The standard InChI is InChI=1S/C8H12N2O3S/c1-14(12,13)4-2-3-10-5-8(6-11)9-7-10/h5-7H,2-4H2,1H3. The van der Waals surface area contributed by atoms with Crippen LogP contribution in [0.1, 0.15) is 16.9 Å². The molecule has 0 unspecified atom stereocenters. The van der Waals surface area contributed by atoms with Crippen LogP contribution in [0.25, 0.3) is 0 Å². The third kappa shape index (κ3) is 3.69. The molecule has 0 aliphatic rings. The highest BCUT2D eigenvalue weighted by molar-refractivity contribution is 7.90. The van der Waals surface area contributed by atoms with Crippen molar-refractivity contribution < 1.29 is 13.2 Å². The van der Waals surface area contributed by atoms with Gasteiger partial charge in [0.1, 0.15) is 15.5 Å². The van der Waals surface area contributed by atoms with E-state index in [1.54, 1.807) is 10.8 Å². The number of rotatable bonds is 5. The van der Waals surface area contributed by atoms with Crippen LogP contribution in [0, 0.1) is 0 Å². The zero-order valence-corrected chi connectivity index (χ0v) is 8.70. The first-order valence-corrected chi connectivity index (χ1v) is 6.22. The molecular weight excluding hydrogens is 204 g/mol. The second-order valence-corrected chi connectivity index (χ2v) is 5.40. The van der Waals surface area contributed by atoms with E-state index in [4.69, 9.17) is 0 Å². The number of aryl methyl sites for hydroxylation is 1. The number of hydrogen-bond donors (Lipinski definition) is 0. The maximum Gasteiger partial charge on any atom is 0.169 e. The Morgan fingerprint density at radius 3 is 2.79 bits per heavy atom. The van der Waals surface area contributed by atoms with E-state index >= 15 is 0 Å². The van der Waals surface area contributed by atoms with E-state index in [2.05, 4.69) is 4.98 Å². The Kier molecular flexibility index (Phi) is 3.40. The highest BCUT2D eigenvalue weighted by Crippen LogP contribution is 1.97. The fourth-order valence-electron chi connectivity index (χ4n) is 1.07. The van der Waals surface area contributed by atoms with Gasteiger partial charge in [-0.3, -0.25) is 4.79 Å². The van der Waals surface area contributed by atoms with Crippen molar-refractivity contribution in [2.45, 2.75) is 13.0 Å². The first-order chi connectivity index (χ1) is 6.51. The number of aromatic nitrogens is 2. The first kappa shape index (κ1) is 10.9. The highest BCUT2D eigenvalue weighted by atomic mass is 32.2. The number of carbonyl (C=O) groups excluding carboxylic acids is 1. The SMILES string of the molecule is CS(=O)(=O)CCCn1cnc(C=O)c1. The number of aldehydes is 1. The number of hydrogen-bond acceptors (Lipinski definition) is 4. The summed E-state index contributed by atoms with van der Waals surface area (Å²) < 4.78 is 23.3. The van der Waals surface area contributed by atoms with Gasteiger partial charge >= 0.3 is 0 Å². The van der Waals surface area contributed by atoms with Crippen LogP contribution in [0.3, 0.4) is 0 Å². The molecule has 0 amide bonds. The van der Waals surface area contributed by atoms with Gasteiger partial charge in [0.2, 0.25) is 0 Å². The Balaban J connectivity index is 2.42. The Hall–Kier alpha value is -1.17. The molecule has 1 rings (SSSR count). The van der Waals surface area contributed by atoms with Gasteiger partial charge in [0, 0.05) is 19.0 Å². The minimum absolute atomic E-state index is 0.154. The minimum atomic E-state index is -2.90. The number of sulfone groups is 1. The van der Waals surface area contributed by atoms with Crippen LogP contribution in [0.2, 0.25) is 0 Å². The Morgan fingerprint density at radius 1 is 1.57 bits per heavy atom. The van der Waals surface area contributed by atoms with Gasteiger partial charge in [0.05, 0.1) is 12.1 Å². The summed E-state index contributed by atoms with van der Waals surface area (Å²) in [5, 5.41) is 0. The highest BCUT2D eigenvalue weighted by Gasteiger charge is 2.02. The van der Waals surface area contributed by atoms with Crippen molar-refractivity contribution in [2.75, 3.05) is 12.0 Å². The molecule has 14 heavy (non-hydrogen) atoms. The summed E-state index contributed by atoms with van der Waals surface area (Å²) in [4.78, 5) is 14.1. The predicted molar refractivity (Wildman–Crippen MR) is 51.9 cm³/mol. The fourth-order valence-corrected chi connectivity index (χ4v) is 1.72. The molecule has 0 saturated heterocycles. The first-order valence-electron chi connectivity index (χ1n) is 4.16. The Morgan fingerprint density at radius 2 is 2.29 bits per heavy atom. The van der Waals surface area contributed by atoms with Crippen molar-refractivity contribution in [1.82, 2.24) is 9.55 Å². The number of carbonyl (C=O) groups is 1. The van der Waals surface area contributed by atoms with Crippen molar-refractivity contribution in [3.05, 3.63) is 18.2 Å². The summed E-state index contributed by atoms with van der Waals surface area (Å²) in [6.45, 7) is 0.563. The molecule has 0 aliphatic carbocycles. The molecule has 1 heterocycles. The second kappa shape index (κ2) is 4.36. The van der Waals surface area contributed by atoms with Gasteiger partial charge in [-0.05, 0) is 6.42 Å². The van der Waals surface area contributed by atoms with Gasteiger partial charge in [-0.15, -0.1) is 0 Å². The van der Waals surface area contributed by atoms with Gasteiger partial charge < -0.3 is 4.57 Å². The number of imidazole rings is 1. The van der Waals surface area contributed by atoms with Crippen molar-refractivity contribution in [3.8, 4) is 0 Å². The Bertz CT molecular complexity index is 408. The normalized spacial score (nSPS) is 11.5. The molecule has 0 aliphatic heterocycles. The monoisotopic (exact) mass is 216 g/mol. The summed E-state index contributed by atoms with van der Waals surface area (Å²) >= 11 is 0. The molecule has 5 nitrogen and oxygen atoms in total. The van der Waals surface area contributed by atoms with E-state index in [0.29, 0.717) is 24.9 Å². The average molecular weight is 216 g/mol. The van der Waals surface area contributed by atoms with Crippen LogP contribution in [0.4, 0.5) is 0 Å². The maximum atomic E-state index is 10.8. The molecule has 0 radical (unpaired) electrons. The smallest absolute Gasteiger partial charge is 0.169 e. The van der Waals surface area contributed by atoms with Gasteiger partial charge in [0.25, 0.3) is 0 Å². The maximum absolute atomic E-state index is 10.8. The summed E-state index contributed by atoms with van der Waals surface area (Å²) in [6.07, 6.45) is 5.51. The van der Waals surface area contributed by atoms with Gasteiger partial charge in [-0.1, -0.05) is 0 Å². The lowest BCUT2D eigenvalue weighted by atomic mass is 10.5. The van der Waals surface area contributed by atoms with Gasteiger partial charge in [0.15, 0.2) is 6.29 Å². The summed E-state index contributed by atoms with van der Waals surface area (Å²) in [5.41, 5.74) is 0.365. The quantitative estimate of drug-likeness (QED) is 0.656. The molecule has 0 fully saturated rings. The molecule has 0 atom stereocenters. The van der Waals surface area contributed by atoms with Crippen LogP contribution in [0.15, 0.2) is 12.5 Å². The topological polar surface area (TPSA) is 69.0 Å². The van der Waals surface area contributed by atoms with Crippen LogP contribution in [-0.2, 0) is 16.4 Å². The van der Waals surface area contributed by atoms with E-state index < -0.39 is 9.84 Å². The van der Waals surface area contributed by atoms with Crippen LogP contribution < -0.4 is 0 Å². The molecule has 6 heteroatoms. The zero-order valence-electron chi connectivity index (χ0n) is 7.88. The molecule has 1 aromatic heterocycles. The molecular formula is C8H12N2O3S. The van der Waals surface area contributed by atoms with E-state index in [-0.39, 0.29) is 5.75 Å². The summed E-state index contributed by atoms with van der Waals surface area (Å²) in [6, 6.07) is 0. The third-order valence-electron chi connectivity index (χ3n) is 1.71. The van der Waals surface area contributed by atoms with Gasteiger partial charge in [-0.25, -0.2) is 13.4 Å². The minimum Gasteiger partial charge on any atom is -0.337 e. The molecule has 0 spiro atoms. The lowest BCUT2D eigenvalue weighted by molar-refractivity contribution is 0.111. The third-order valence-corrected chi connectivity index (χ3v) is 2.74.